The Bertz CT molecular complexity index is 1260. The fourth-order valence-electron chi connectivity index (χ4n) is 5.64. The minimum Gasteiger partial charge on any atom is -0.503 e. The lowest BCUT2D eigenvalue weighted by atomic mass is 9.59. The molecule has 33 heavy (non-hydrogen) atoms. The third-order valence-electron chi connectivity index (χ3n) is 7.15. The van der Waals surface area contributed by atoms with Crippen molar-refractivity contribution in [1.29, 1.82) is 0 Å². The molecule has 2 N–H and O–H groups in total. The summed E-state index contributed by atoms with van der Waals surface area (Å²) in [6, 6.07) is 3.06. The molecule has 4 aliphatic rings. The quantitative estimate of drug-likeness (QED) is 0.295. The number of aromatic hydroxyl groups is 1. The Kier molecular flexibility index (Phi) is 4.84. The molecule has 2 amide bonds. The van der Waals surface area contributed by atoms with Gasteiger partial charge in [-0.25, -0.2) is 0 Å². The van der Waals surface area contributed by atoms with Crippen LogP contribution in [0.25, 0.3) is 0 Å². The van der Waals surface area contributed by atoms with E-state index >= 15 is 0 Å². The molecule has 0 aromatic heterocycles. The Morgan fingerprint density at radius 2 is 1.85 bits per heavy atom. The van der Waals surface area contributed by atoms with E-state index in [0.29, 0.717) is 27.9 Å². The number of Topliss-reactive ketones (excluding diaryl/α,β-unsaturated/α-hetero) is 1. The van der Waals surface area contributed by atoms with Crippen LogP contribution in [0.3, 0.4) is 0 Å². The van der Waals surface area contributed by atoms with Crippen molar-refractivity contribution in [3.8, 4) is 11.5 Å². The van der Waals surface area contributed by atoms with E-state index < -0.39 is 35.5 Å². The number of ether oxygens (including phenoxy) is 1. The van der Waals surface area contributed by atoms with Crippen molar-refractivity contribution in [2.75, 3.05) is 7.11 Å². The second-order valence-corrected chi connectivity index (χ2v) is 9.18. The van der Waals surface area contributed by atoms with Crippen molar-refractivity contribution in [2.45, 2.75) is 25.7 Å². The molecule has 5 rings (SSSR count). The van der Waals surface area contributed by atoms with Gasteiger partial charge in [-0.3, -0.25) is 24.4 Å². The van der Waals surface area contributed by atoms with Crippen molar-refractivity contribution in [1.82, 2.24) is 5.06 Å². The lowest BCUT2D eigenvalue weighted by Crippen LogP contribution is -2.39. The number of hydrogen-bond acceptors (Lipinski definition) is 7. The Morgan fingerprint density at radius 3 is 2.55 bits per heavy atom. The Morgan fingerprint density at radius 1 is 1.12 bits per heavy atom. The summed E-state index contributed by atoms with van der Waals surface area (Å²) in [7, 11) is 1.37. The number of methoxy groups -OCH3 is 1. The number of benzene rings is 1. The van der Waals surface area contributed by atoms with Gasteiger partial charge in [0.25, 0.3) is 11.8 Å². The molecule has 4 atom stereocenters. The number of phenols is 1. The third-order valence-corrected chi connectivity index (χ3v) is 7.43. The molecule has 9 heteroatoms. The SMILES string of the molecule is COc1cc([C@H]2C3=CC[C@@H]4C(=O)N(O)C(=O)[C@@H]4[C@@H]3CC3=C2C(=O)C(C)=CC3=O)cc(Cl)c1O. The smallest absolute Gasteiger partial charge is 0.257 e. The number of halogens is 1. The van der Waals surface area contributed by atoms with Crippen LogP contribution in [0.1, 0.15) is 31.2 Å². The largest absolute Gasteiger partial charge is 0.503 e. The summed E-state index contributed by atoms with van der Waals surface area (Å²) in [5.41, 5.74) is 2.14. The van der Waals surface area contributed by atoms with E-state index in [-0.39, 0.29) is 46.0 Å². The van der Waals surface area contributed by atoms with E-state index in [1.54, 1.807) is 13.0 Å². The van der Waals surface area contributed by atoms with Crippen LogP contribution in [0.4, 0.5) is 0 Å². The summed E-state index contributed by atoms with van der Waals surface area (Å²) in [5.74, 6) is -4.93. The molecule has 1 heterocycles. The summed E-state index contributed by atoms with van der Waals surface area (Å²) in [4.78, 5) is 51.4. The van der Waals surface area contributed by atoms with Crippen molar-refractivity contribution in [3.05, 3.63) is 57.2 Å². The fourth-order valence-corrected chi connectivity index (χ4v) is 5.86. The monoisotopic (exact) mass is 469 g/mol. The van der Waals surface area contributed by atoms with Crippen LogP contribution < -0.4 is 4.74 Å². The number of phenolic OH excluding ortho intramolecular Hbond substituents is 1. The number of hydroxylamine groups is 2. The molecular formula is C24H20ClNO7. The zero-order valence-electron chi connectivity index (χ0n) is 17.8. The second kappa shape index (κ2) is 7.40. The van der Waals surface area contributed by atoms with Crippen molar-refractivity contribution >= 4 is 35.0 Å². The van der Waals surface area contributed by atoms with Crippen LogP contribution in [0, 0.1) is 17.8 Å². The van der Waals surface area contributed by atoms with Crippen LogP contribution in [0.5, 0.6) is 11.5 Å². The van der Waals surface area contributed by atoms with E-state index in [1.165, 1.54) is 19.3 Å². The normalized spacial score (nSPS) is 28.9. The summed E-state index contributed by atoms with van der Waals surface area (Å²) in [6.07, 6.45) is 3.45. The maximum absolute atomic E-state index is 13.3. The molecule has 0 bridgehead atoms. The first-order valence-corrected chi connectivity index (χ1v) is 10.9. The number of allylic oxidation sites excluding steroid dienone is 6. The van der Waals surface area contributed by atoms with E-state index in [9.17, 15) is 29.5 Å². The third kappa shape index (κ3) is 2.94. The molecule has 0 saturated carbocycles. The number of carbonyl (C=O) groups excluding carboxylic acids is 4. The van der Waals surface area contributed by atoms with E-state index in [2.05, 4.69) is 0 Å². The highest BCUT2D eigenvalue weighted by atomic mass is 35.5. The highest BCUT2D eigenvalue weighted by Gasteiger charge is 2.56. The lowest BCUT2D eigenvalue weighted by Gasteiger charge is -2.42. The molecule has 1 aromatic carbocycles. The van der Waals surface area contributed by atoms with Crippen molar-refractivity contribution < 1.29 is 34.2 Å². The number of amides is 2. The molecule has 3 aliphatic carbocycles. The zero-order valence-corrected chi connectivity index (χ0v) is 18.5. The minimum absolute atomic E-state index is 0.0124. The minimum atomic E-state index is -0.830. The van der Waals surface area contributed by atoms with Gasteiger partial charge in [-0.05, 0) is 49.5 Å². The van der Waals surface area contributed by atoms with E-state index in [0.717, 1.165) is 0 Å². The summed E-state index contributed by atoms with van der Waals surface area (Å²) in [6.45, 7) is 1.58. The maximum atomic E-state index is 13.3. The van der Waals surface area contributed by atoms with Crippen LogP contribution in [0.2, 0.25) is 5.02 Å². The number of nitrogens with zero attached hydrogens (tertiary/aromatic N) is 1. The highest BCUT2D eigenvalue weighted by Crippen LogP contribution is 2.55. The van der Waals surface area contributed by atoms with Crippen molar-refractivity contribution in [2.24, 2.45) is 17.8 Å². The van der Waals surface area contributed by atoms with Crippen LogP contribution >= 0.6 is 11.6 Å². The molecule has 0 unspecified atom stereocenters. The van der Waals surface area contributed by atoms with E-state index in [4.69, 9.17) is 16.3 Å². The Labute approximate surface area is 193 Å². The Balaban J connectivity index is 1.74. The van der Waals surface area contributed by atoms with Gasteiger partial charge in [-0.1, -0.05) is 23.3 Å². The molecule has 0 radical (unpaired) electrons. The molecule has 1 aromatic rings. The van der Waals surface area contributed by atoms with Crippen LogP contribution in [-0.2, 0) is 19.2 Å². The topological polar surface area (TPSA) is 121 Å². The predicted molar refractivity (Wildman–Crippen MR) is 115 cm³/mol. The lowest BCUT2D eigenvalue weighted by molar-refractivity contribution is -0.173. The van der Waals surface area contributed by atoms with Gasteiger partial charge in [-0.15, -0.1) is 0 Å². The number of imide groups is 1. The zero-order chi connectivity index (χ0) is 23.8. The van der Waals surface area contributed by atoms with Gasteiger partial charge < -0.3 is 9.84 Å². The maximum Gasteiger partial charge on any atom is 0.257 e. The molecule has 0 spiro atoms. The van der Waals surface area contributed by atoms with Gasteiger partial charge in [0, 0.05) is 22.6 Å². The molecule has 1 aliphatic heterocycles. The molecule has 170 valence electrons. The van der Waals surface area contributed by atoms with Gasteiger partial charge in [0.05, 0.1) is 24.0 Å². The first kappa shape index (κ1) is 21.6. The van der Waals surface area contributed by atoms with Crippen molar-refractivity contribution in [3.63, 3.8) is 0 Å². The number of rotatable bonds is 2. The predicted octanol–water partition coefficient (Wildman–Crippen LogP) is 2.87. The fraction of sp³-hybridized carbons (Fsp3) is 0.333. The second-order valence-electron chi connectivity index (χ2n) is 8.77. The van der Waals surface area contributed by atoms with Crippen LogP contribution in [-0.4, -0.2) is 45.9 Å². The average molecular weight is 470 g/mol. The molecule has 8 nitrogen and oxygen atoms in total. The standard InChI is InChI=1S/C24H20ClNO7/c1-9-5-16(27)14-8-13-11(3-4-12-19(13)24(31)26(32)23(12)30)18(20(14)21(9)28)10-6-15(25)22(29)17(7-10)33-2/h3,5-7,12-13,18-19,29,32H,4,8H2,1-2H3/t12-,13+,18-,19-/m0/s1. The first-order chi connectivity index (χ1) is 15.6. The van der Waals surface area contributed by atoms with Crippen LogP contribution in [0.15, 0.2) is 46.6 Å². The molecular weight excluding hydrogens is 450 g/mol. The van der Waals surface area contributed by atoms with Gasteiger partial charge in [0.1, 0.15) is 0 Å². The number of fused-ring (bicyclic) bond motifs is 3. The number of ketones is 2. The summed E-state index contributed by atoms with van der Waals surface area (Å²) >= 11 is 6.24. The Hall–Kier alpha value is -3.23. The summed E-state index contributed by atoms with van der Waals surface area (Å²) < 4.78 is 5.24. The highest BCUT2D eigenvalue weighted by molar-refractivity contribution is 6.32. The first-order valence-electron chi connectivity index (χ1n) is 10.5. The van der Waals surface area contributed by atoms with Gasteiger partial charge in [0.15, 0.2) is 23.1 Å². The molecule has 1 fully saturated rings. The summed E-state index contributed by atoms with van der Waals surface area (Å²) in [5, 5.41) is 20.4. The van der Waals surface area contributed by atoms with E-state index in [1.807, 2.05) is 6.08 Å². The number of carbonyl (C=O) groups is 4. The van der Waals surface area contributed by atoms with Gasteiger partial charge >= 0.3 is 0 Å². The average Bonchev–Trinajstić information content (AvgIpc) is 3.02. The van der Waals surface area contributed by atoms with Gasteiger partial charge in [0.2, 0.25) is 0 Å². The van der Waals surface area contributed by atoms with Gasteiger partial charge in [-0.2, -0.15) is 5.06 Å². The number of hydrogen-bond donors (Lipinski definition) is 2. The molecule has 1 saturated heterocycles.